The second kappa shape index (κ2) is 14.8. The summed E-state index contributed by atoms with van der Waals surface area (Å²) in [6, 6.07) is 0. The van der Waals surface area contributed by atoms with Crippen LogP contribution in [0.25, 0.3) is 0 Å². The summed E-state index contributed by atoms with van der Waals surface area (Å²) < 4.78 is 15.3. The Morgan fingerprint density at radius 3 is 2.00 bits per heavy atom. The molecule has 4 nitrogen and oxygen atoms in total. The minimum atomic E-state index is 0.151. The van der Waals surface area contributed by atoms with Crippen molar-refractivity contribution >= 4 is 0 Å². The van der Waals surface area contributed by atoms with E-state index >= 15 is 0 Å². The molecule has 0 heterocycles. The van der Waals surface area contributed by atoms with Crippen molar-refractivity contribution in [2.45, 2.75) is 45.8 Å². The molecule has 16 heavy (non-hydrogen) atoms. The van der Waals surface area contributed by atoms with E-state index in [0.717, 1.165) is 12.8 Å². The van der Waals surface area contributed by atoms with Crippen molar-refractivity contribution in [3.05, 3.63) is 0 Å². The molecular weight excluding hydrogens is 208 g/mol. The van der Waals surface area contributed by atoms with Crippen molar-refractivity contribution in [3.8, 4) is 0 Å². The highest BCUT2D eigenvalue weighted by molar-refractivity contribution is 4.50. The van der Waals surface area contributed by atoms with Crippen molar-refractivity contribution in [2.75, 3.05) is 34.0 Å². The molecule has 0 aromatic rings. The van der Waals surface area contributed by atoms with Crippen LogP contribution in [0.15, 0.2) is 0 Å². The van der Waals surface area contributed by atoms with Gasteiger partial charge in [0.15, 0.2) is 0 Å². The van der Waals surface area contributed by atoms with E-state index < -0.39 is 0 Å². The van der Waals surface area contributed by atoms with Crippen molar-refractivity contribution in [3.63, 3.8) is 0 Å². The number of aliphatic hydroxyl groups is 1. The van der Waals surface area contributed by atoms with E-state index in [-0.39, 0.29) is 12.2 Å². The molecule has 0 aliphatic carbocycles. The van der Waals surface area contributed by atoms with E-state index in [4.69, 9.17) is 19.3 Å². The van der Waals surface area contributed by atoms with Crippen LogP contribution in [-0.2, 0) is 14.2 Å². The summed E-state index contributed by atoms with van der Waals surface area (Å²) in [6.07, 6.45) is 2.35. The average molecular weight is 236 g/mol. The molecule has 0 aliphatic heterocycles. The predicted molar refractivity (Wildman–Crippen MR) is 65.8 cm³/mol. The molecule has 0 rings (SSSR count). The number of hydrogen-bond donors (Lipinski definition) is 1. The highest BCUT2D eigenvalue weighted by Gasteiger charge is 2.04. The number of ether oxygens (including phenoxy) is 3. The average Bonchev–Trinajstić information content (AvgIpc) is 2.28. The molecule has 100 valence electrons. The van der Waals surface area contributed by atoms with Gasteiger partial charge >= 0.3 is 0 Å². The highest BCUT2D eigenvalue weighted by atomic mass is 16.5. The third-order valence-electron chi connectivity index (χ3n) is 1.93. The predicted octanol–water partition coefficient (Wildman–Crippen LogP) is 1.85. The molecular formula is C12H28O4. The lowest BCUT2D eigenvalue weighted by atomic mass is 10.4. The van der Waals surface area contributed by atoms with Crippen molar-refractivity contribution < 1.29 is 19.3 Å². The lowest BCUT2D eigenvalue weighted by Crippen LogP contribution is -2.21. The Morgan fingerprint density at radius 2 is 1.69 bits per heavy atom. The largest absolute Gasteiger partial charge is 0.396 e. The van der Waals surface area contributed by atoms with Crippen LogP contribution in [0, 0.1) is 0 Å². The maximum atomic E-state index is 8.07. The van der Waals surface area contributed by atoms with E-state index in [9.17, 15) is 0 Å². The summed E-state index contributed by atoms with van der Waals surface area (Å²) in [7, 11) is 3.34. The standard InChI is InChI=1S/C8H18O3.C4H10O/c1-7(10-4)6-11-8(2)5-9-3;1-2-3-4-5/h7-8H,5-6H2,1-4H3;5H,2-4H2,1H3. The van der Waals surface area contributed by atoms with Crippen LogP contribution in [-0.4, -0.2) is 51.4 Å². The van der Waals surface area contributed by atoms with Crippen LogP contribution in [0.5, 0.6) is 0 Å². The van der Waals surface area contributed by atoms with Crippen molar-refractivity contribution in [1.29, 1.82) is 0 Å². The molecule has 0 spiro atoms. The summed E-state index contributed by atoms with van der Waals surface area (Å²) >= 11 is 0. The van der Waals surface area contributed by atoms with Gasteiger partial charge in [-0.25, -0.2) is 0 Å². The molecule has 0 bridgehead atoms. The maximum Gasteiger partial charge on any atom is 0.0781 e. The zero-order chi connectivity index (χ0) is 12.8. The van der Waals surface area contributed by atoms with Gasteiger partial charge in [-0.05, 0) is 20.3 Å². The molecule has 4 heteroatoms. The summed E-state index contributed by atoms with van der Waals surface area (Å²) in [4.78, 5) is 0. The minimum Gasteiger partial charge on any atom is -0.396 e. The number of methoxy groups -OCH3 is 2. The topological polar surface area (TPSA) is 47.9 Å². The Labute approximate surface area is 99.9 Å². The lowest BCUT2D eigenvalue weighted by Gasteiger charge is -2.14. The monoisotopic (exact) mass is 236 g/mol. The number of unbranched alkanes of at least 4 members (excludes halogenated alkanes) is 1. The van der Waals surface area contributed by atoms with Gasteiger partial charge in [-0.2, -0.15) is 0 Å². The number of hydrogen-bond acceptors (Lipinski definition) is 4. The smallest absolute Gasteiger partial charge is 0.0781 e. The SMILES string of the molecule is CCCCO.COCC(C)OCC(C)OC. The van der Waals surface area contributed by atoms with Gasteiger partial charge in [0.25, 0.3) is 0 Å². The lowest BCUT2D eigenvalue weighted by molar-refractivity contribution is -0.0386. The zero-order valence-corrected chi connectivity index (χ0v) is 11.4. The molecule has 0 aromatic heterocycles. The maximum absolute atomic E-state index is 8.07. The van der Waals surface area contributed by atoms with E-state index in [1.54, 1.807) is 14.2 Å². The van der Waals surface area contributed by atoms with E-state index in [1.807, 2.05) is 13.8 Å². The Kier molecular flexibility index (Phi) is 16.9. The number of aliphatic hydroxyl groups excluding tert-OH is 1. The fourth-order valence-electron chi connectivity index (χ4n) is 0.809. The first-order valence-corrected chi connectivity index (χ1v) is 5.86. The molecule has 0 amide bonds. The first-order valence-electron chi connectivity index (χ1n) is 5.86. The normalized spacial score (nSPS) is 13.9. The van der Waals surface area contributed by atoms with Gasteiger partial charge in [-0.3, -0.25) is 0 Å². The quantitative estimate of drug-likeness (QED) is 0.698. The summed E-state index contributed by atoms with van der Waals surface area (Å²) in [5, 5.41) is 8.07. The molecule has 0 fully saturated rings. The molecule has 0 saturated carbocycles. The molecule has 0 aromatic carbocycles. The zero-order valence-electron chi connectivity index (χ0n) is 11.4. The molecule has 0 aliphatic rings. The summed E-state index contributed by atoms with van der Waals surface area (Å²) in [6.45, 7) is 7.61. The van der Waals surface area contributed by atoms with E-state index in [0.29, 0.717) is 19.8 Å². The minimum absolute atomic E-state index is 0.151. The molecule has 2 unspecified atom stereocenters. The molecule has 2 atom stereocenters. The molecule has 0 radical (unpaired) electrons. The van der Waals surface area contributed by atoms with Gasteiger partial charge in [0.1, 0.15) is 0 Å². The Balaban J connectivity index is 0. The van der Waals surface area contributed by atoms with E-state index in [1.165, 1.54) is 0 Å². The highest BCUT2D eigenvalue weighted by Crippen LogP contribution is 1.95. The van der Waals surface area contributed by atoms with Crippen LogP contribution >= 0.6 is 0 Å². The third kappa shape index (κ3) is 16.3. The van der Waals surface area contributed by atoms with Crippen molar-refractivity contribution in [1.82, 2.24) is 0 Å². The summed E-state index contributed by atoms with van der Waals surface area (Å²) in [5.41, 5.74) is 0. The first kappa shape index (κ1) is 18.2. The summed E-state index contributed by atoms with van der Waals surface area (Å²) in [5.74, 6) is 0. The van der Waals surface area contributed by atoms with Crippen molar-refractivity contribution in [2.24, 2.45) is 0 Å². The van der Waals surface area contributed by atoms with Crippen LogP contribution in [0.1, 0.15) is 33.6 Å². The molecule has 0 saturated heterocycles. The number of rotatable bonds is 8. The second-order valence-electron chi connectivity index (χ2n) is 3.72. The fraction of sp³-hybridized carbons (Fsp3) is 1.00. The Hall–Kier alpha value is -0.160. The van der Waals surface area contributed by atoms with Gasteiger partial charge < -0.3 is 19.3 Å². The van der Waals surface area contributed by atoms with Gasteiger partial charge in [0.2, 0.25) is 0 Å². The Bertz CT molecular complexity index is 118. The second-order valence-corrected chi connectivity index (χ2v) is 3.72. The Morgan fingerprint density at radius 1 is 1.06 bits per heavy atom. The van der Waals surface area contributed by atoms with Gasteiger partial charge in [0.05, 0.1) is 25.4 Å². The van der Waals surface area contributed by atoms with Gasteiger partial charge in [0, 0.05) is 20.8 Å². The first-order chi connectivity index (χ1) is 7.62. The molecule has 1 N–H and O–H groups in total. The van der Waals surface area contributed by atoms with Crippen LogP contribution in [0.2, 0.25) is 0 Å². The van der Waals surface area contributed by atoms with Crippen LogP contribution in [0.3, 0.4) is 0 Å². The third-order valence-corrected chi connectivity index (χ3v) is 1.93. The van der Waals surface area contributed by atoms with E-state index in [2.05, 4.69) is 6.92 Å². The van der Waals surface area contributed by atoms with Crippen LogP contribution in [0.4, 0.5) is 0 Å². The van der Waals surface area contributed by atoms with Gasteiger partial charge in [-0.1, -0.05) is 13.3 Å². The van der Waals surface area contributed by atoms with Crippen LogP contribution < -0.4 is 0 Å². The fourth-order valence-corrected chi connectivity index (χ4v) is 0.809. The van der Waals surface area contributed by atoms with Gasteiger partial charge in [-0.15, -0.1) is 0 Å².